The van der Waals surface area contributed by atoms with Crippen LogP contribution in [-0.2, 0) is 14.3 Å². The summed E-state index contributed by atoms with van der Waals surface area (Å²) in [6.45, 7) is 11.4. The topological polar surface area (TPSA) is 104 Å². The van der Waals surface area contributed by atoms with E-state index in [1.165, 1.54) is 18.1 Å². The van der Waals surface area contributed by atoms with Crippen molar-refractivity contribution in [1.82, 2.24) is 0 Å². The molecule has 0 atom stereocenters. The van der Waals surface area contributed by atoms with Crippen molar-refractivity contribution in [1.29, 1.82) is 0 Å². The third-order valence-electron chi connectivity index (χ3n) is 7.70. The number of ether oxygens (including phenoxy) is 1. The highest BCUT2D eigenvalue weighted by molar-refractivity contribution is 5.99. The number of rotatable bonds is 8. The lowest BCUT2D eigenvalue weighted by Gasteiger charge is -2.21. The maximum atomic E-state index is 12.3. The number of carbonyl (C=O) groups excluding carboxylic acids is 3. The van der Waals surface area contributed by atoms with Gasteiger partial charge >= 0.3 is 11.9 Å². The van der Waals surface area contributed by atoms with Crippen molar-refractivity contribution in [2.45, 2.75) is 41.5 Å². The summed E-state index contributed by atoms with van der Waals surface area (Å²) in [4.78, 5) is 51.0. The normalized spacial score (nSPS) is 10.6. The molecule has 4 aromatic rings. The van der Waals surface area contributed by atoms with Crippen LogP contribution in [0.25, 0.3) is 22.3 Å². The Morgan fingerprint density at radius 1 is 0.574 bits per heavy atom. The molecule has 1 N–H and O–H groups in total. The number of carboxylic acid groups (broad SMARTS) is 1. The van der Waals surface area contributed by atoms with E-state index in [0.29, 0.717) is 16.9 Å². The first kappa shape index (κ1) is 36.2. The molecular formula is C39H44N2O6. The monoisotopic (exact) mass is 636 g/mol. The Kier molecular flexibility index (Phi) is 12.2. The number of hydrogen-bond donors (Lipinski definition) is 1. The SMILES string of the molecule is COC(=O)c1cc(-c2ccc(C)cc2)cc(N(C)C(=O)C(C)C)c1.Cc1ccc(-c2cc(C(=O)O)cc(N(C)C(=O)C(C)C)c2)cc1. The van der Waals surface area contributed by atoms with E-state index in [2.05, 4.69) is 0 Å². The number of hydrogen-bond acceptors (Lipinski definition) is 5. The summed E-state index contributed by atoms with van der Waals surface area (Å²) in [6.07, 6.45) is 0. The average Bonchev–Trinajstić information content (AvgIpc) is 3.06. The Morgan fingerprint density at radius 2 is 0.936 bits per heavy atom. The van der Waals surface area contributed by atoms with Crippen LogP contribution in [0.4, 0.5) is 11.4 Å². The van der Waals surface area contributed by atoms with Crippen LogP contribution in [-0.4, -0.2) is 50.1 Å². The largest absolute Gasteiger partial charge is 0.478 e. The first-order valence-corrected chi connectivity index (χ1v) is 15.4. The molecule has 0 bridgehead atoms. The third-order valence-corrected chi connectivity index (χ3v) is 7.70. The molecule has 47 heavy (non-hydrogen) atoms. The number of benzene rings is 4. The molecule has 4 aromatic carbocycles. The summed E-state index contributed by atoms with van der Waals surface area (Å²) >= 11 is 0. The fraction of sp³-hybridized carbons (Fsp3) is 0.282. The van der Waals surface area contributed by atoms with Crippen LogP contribution in [0.3, 0.4) is 0 Å². The van der Waals surface area contributed by atoms with Crippen molar-refractivity contribution in [3.63, 3.8) is 0 Å². The van der Waals surface area contributed by atoms with Gasteiger partial charge in [0.25, 0.3) is 0 Å². The van der Waals surface area contributed by atoms with E-state index in [4.69, 9.17) is 4.74 Å². The maximum absolute atomic E-state index is 12.3. The molecule has 8 nitrogen and oxygen atoms in total. The van der Waals surface area contributed by atoms with Crippen molar-refractivity contribution in [3.05, 3.63) is 107 Å². The molecule has 0 radical (unpaired) electrons. The molecule has 0 saturated carbocycles. The number of nitrogens with zero attached hydrogens (tertiary/aromatic N) is 2. The van der Waals surface area contributed by atoms with Crippen molar-refractivity contribution < 1.29 is 29.0 Å². The van der Waals surface area contributed by atoms with E-state index < -0.39 is 11.9 Å². The van der Waals surface area contributed by atoms with Crippen molar-refractivity contribution in [2.75, 3.05) is 31.0 Å². The van der Waals surface area contributed by atoms with E-state index in [1.54, 1.807) is 37.2 Å². The third kappa shape index (κ3) is 9.39. The molecule has 0 fully saturated rings. The van der Waals surface area contributed by atoms with Gasteiger partial charge in [0.2, 0.25) is 11.8 Å². The van der Waals surface area contributed by atoms with Gasteiger partial charge in [0.1, 0.15) is 0 Å². The van der Waals surface area contributed by atoms with Crippen molar-refractivity contribution in [2.24, 2.45) is 11.8 Å². The van der Waals surface area contributed by atoms with Gasteiger partial charge in [-0.15, -0.1) is 0 Å². The van der Waals surface area contributed by atoms with Crippen molar-refractivity contribution in [3.8, 4) is 22.3 Å². The molecule has 246 valence electrons. The fourth-order valence-corrected chi connectivity index (χ4v) is 4.82. The molecular weight excluding hydrogens is 592 g/mol. The van der Waals surface area contributed by atoms with Gasteiger partial charge in [0, 0.05) is 37.3 Å². The Balaban J connectivity index is 0.000000256. The van der Waals surface area contributed by atoms with Gasteiger partial charge in [-0.05, 0) is 72.5 Å². The number of aromatic carboxylic acids is 1. The lowest BCUT2D eigenvalue weighted by Crippen LogP contribution is -2.30. The standard InChI is InChI=1S/C20H23NO3.C19H21NO3/c1-13(2)19(22)21(4)18-11-16(10-17(12-18)20(23)24-5)15-8-6-14(3)7-9-15;1-12(2)18(21)20(4)17-10-15(9-16(11-17)19(22)23)14-7-5-13(3)6-8-14/h6-13H,1-5H3;5-12H,1-4H3,(H,22,23). The summed E-state index contributed by atoms with van der Waals surface area (Å²) in [6, 6.07) is 26.3. The average molecular weight is 637 g/mol. The Morgan fingerprint density at radius 3 is 1.28 bits per heavy atom. The number of carboxylic acids is 1. The number of amides is 2. The van der Waals surface area contributed by atoms with E-state index in [-0.39, 0.29) is 29.2 Å². The lowest BCUT2D eigenvalue weighted by molar-refractivity contribution is -0.121. The first-order valence-electron chi connectivity index (χ1n) is 15.4. The highest BCUT2D eigenvalue weighted by Gasteiger charge is 2.19. The Hall–Kier alpha value is -5.24. The molecule has 0 heterocycles. The molecule has 0 aromatic heterocycles. The van der Waals surface area contributed by atoms with Gasteiger partial charge < -0.3 is 19.6 Å². The minimum absolute atomic E-state index is 0.00753. The summed E-state index contributed by atoms with van der Waals surface area (Å²) in [5, 5.41) is 9.35. The second-order valence-electron chi connectivity index (χ2n) is 12.2. The first-order chi connectivity index (χ1) is 22.1. The van der Waals surface area contributed by atoms with Crippen LogP contribution in [0.1, 0.15) is 59.5 Å². The predicted octanol–water partition coefficient (Wildman–Crippen LogP) is 8.05. The minimum atomic E-state index is -1.01. The molecule has 4 rings (SSSR count). The van der Waals surface area contributed by atoms with Crippen LogP contribution in [0.2, 0.25) is 0 Å². The number of esters is 1. The summed E-state index contributed by atoms with van der Waals surface area (Å²) in [7, 11) is 4.74. The highest BCUT2D eigenvalue weighted by atomic mass is 16.5. The van der Waals surface area contributed by atoms with E-state index in [1.807, 2.05) is 102 Å². The molecule has 8 heteroatoms. The minimum Gasteiger partial charge on any atom is -0.478 e. The molecule has 0 saturated heterocycles. The summed E-state index contributed by atoms with van der Waals surface area (Å²) in [5.74, 6) is -1.77. The molecule has 0 unspecified atom stereocenters. The van der Waals surface area contributed by atoms with Crippen LogP contribution in [0.5, 0.6) is 0 Å². The van der Waals surface area contributed by atoms with Gasteiger partial charge in [-0.1, -0.05) is 87.4 Å². The van der Waals surface area contributed by atoms with E-state index in [0.717, 1.165) is 33.4 Å². The Bertz CT molecular complexity index is 1740. The zero-order valence-corrected chi connectivity index (χ0v) is 28.6. The molecule has 0 aliphatic rings. The van der Waals surface area contributed by atoms with Gasteiger partial charge in [0.15, 0.2) is 0 Å². The summed E-state index contributed by atoms with van der Waals surface area (Å²) in [5.41, 5.74) is 7.70. The van der Waals surface area contributed by atoms with Gasteiger partial charge in [0.05, 0.1) is 18.2 Å². The smallest absolute Gasteiger partial charge is 0.337 e. The summed E-state index contributed by atoms with van der Waals surface area (Å²) < 4.78 is 4.85. The second kappa shape index (κ2) is 15.9. The lowest BCUT2D eigenvalue weighted by atomic mass is 10.0. The zero-order valence-electron chi connectivity index (χ0n) is 28.6. The highest BCUT2D eigenvalue weighted by Crippen LogP contribution is 2.29. The van der Waals surface area contributed by atoms with Crippen LogP contribution in [0, 0.1) is 25.7 Å². The Labute approximate surface area is 277 Å². The molecule has 2 amide bonds. The molecule has 0 aliphatic heterocycles. The van der Waals surface area contributed by atoms with Gasteiger partial charge in [-0.25, -0.2) is 9.59 Å². The maximum Gasteiger partial charge on any atom is 0.337 e. The number of aryl methyl sites for hydroxylation is 2. The quantitative estimate of drug-likeness (QED) is 0.196. The number of carbonyl (C=O) groups is 4. The van der Waals surface area contributed by atoms with E-state index >= 15 is 0 Å². The van der Waals surface area contributed by atoms with Gasteiger partial charge in [-0.2, -0.15) is 0 Å². The second-order valence-corrected chi connectivity index (χ2v) is 12.2. The van der Waals surface area contributed by atoms with Crippen LogP contribution in [0.15, 0.2) is 84.9 Å². The predicted molar refractivity (Wildman–Crippen MR) is 188 cm³/mol. The molecule has 0 aliphatic carbocycles. The zero-order chi connectivity index (χ0) is 35.0. The van der Waals surface area contributed by atoms with Crippen molar-refractivity contribution >= 4 is 35.1 Å². The number of anilines is 2. The number of methoxy groups -OCH3 is 1. The molecule has 0 spiro atoms. The van der Waals surface area contributed by atoms with E-state index in [9.17, 15) is 24.3 Å². The van der Waals surface area contributed by atoms with Crippen LogP contribution < -0.4 is 9.80 Å². The fourth-order valence-electron chi connectivity index (χ4n) is 4.82. The van der Waals surface area contributed by atoms with Gasteiger partial charge in [-0.3, -0.25) is 9.59 Å². The van der Waals surface area contributed by atoms with Crippen LogP contribution >= 0.6 is 0 Å².